The van der Waals surface area contributed by atoms with E-state index in [4.69, 9.17) is 32.4 Å². The molecule has 0 radical (unpaired) electrons. The molecule has 6 nitrogen and oxygen atoms in total. The Morgan fingerprint density at radius 2 is 2.04 bits per heavy atom. The highest BCUT2D eigenvalue weighted by Crippen LogP contribution is 2.31. The van der Waals surface area contributed by atoms with Crippen molar-refractivity contribution in [1.29, 1.82) is 0 Å². The van der Waals surface area contributed by atoms with Crippen LogP contribution < -0.4 is 10.1 Å². The van der Waals surface area contributed by atoms with Gasteiger partial charge in [-0.3, -0.25) is 10.1 Å². The van der Waals surface area contributed by atoms with Crippen LogP contribution in [0.3, 0.4) is 0 Å². The van der Waals surface area contributed by atoms with Crippen LogP contribution in [-0.2, 0) is 6.42 Å². The fraction of sp³-hybridized carbons (Fsp3) is 0.133. The summed E-state index contributed by atoms with van der Waals surface area (Å²) < 4.78 is 11.3. The summed E-state index contributed by atoms with van der Waals surface area (Å²) in [6.07, 6.45) is 0.442. The van der Waals surface area contributed by atoms with Crippen molar-refractivity contribution in [3.63, 3.8) is 0 Å². The van der Waals surface area contributed by atoms with E-state index in [1.54, 1.807) is 7.11 Å². The Kier molecular flexibility index (Phi) is 5.03. The van der Waals surface area contributed by atoms with Gasteiger partial charge in [-0.25, -0.2) is 0 Å². The van der Waals surface area contributed by atoms with Crippen molar-refractivity contribution in [2.24, 2.45) is 0 Å². The average molecular weight is 384 g/mol. The normalized spacial score (nSPS) is 10.6. The first-order valence-electron chi connectivity index (χ1n) is 6.76. The molecule has 0 bridgehead atoms. The third kappa shape index (κ3) is 3.87. The molecule has 2 aromatic heterocycles. The first kappa shape index (κ1) is 16.8. The first-order valence-corrected chi connectivity index (χ1v) is 8.34. The molecule has 9 heteroatoms. The third-order valence-electron chi connectivity index (χ3n) is 3.10. The number of carbonyl (C=O) groups excluding carboxylic acids is 1. The van der Waals surface area contributed by atoms with Gasteiger partial charge in [-0.15, -0.1) is 16.4 Å². The number of hydrogen-bond donors (Lipinski definition) is 1. The summed E-state index contributed by atoms with van der Waals surface area (Å²) in [5, 5.41) is 10.2. The zero-order valence-electron chi connectivity index (χ0n) is 12.4. The molecular formula is C15H11Cl2N3O3S. The van der Waals surface area contributed by atoms with Gasteiger partial charge >= 0.3 is 6.01 Å². The Bertz CT molecular complexity index is 861. The van der Waals surface area contributed by atoms with E-state index in [-0.39, 0.29) is 11.6 Å². The van der Waals surface area contributed by atoms with Gasteiger partial charge in [0.1, 0.15) is 10.1 Å². The van der Waals surface area contributed by atoms with Gasteiger partial charge < -0.3 is 9.15 Å². The van der Waals surface area contributed by atoms with E-state index in [0.717, 1.165) is 22.6 Å². The van der Waals surface area contributed by atoms with Crippen LogP contribution in [0.4, 0.5) is 6.01 Å². The second-order valence-electron chi connectivity index (χ2n) is 4.72. The Balaban J connectivity index is 1.66. The number of nitrogens with zero attached hydrogens (tertiary/aromatic N) is 2. The number of hydrogen-bond acceptors (Lipinski definition) is 6. The summed E-state index contributed by atoms with van der Waals surface area (Å²) in [4.78, 5) is 12.1. The van der Waals surface area contributed by atoms with E-state index in [1.165, 1.54) is 6.07 Å². The van der Waals surface area contributed by atoms with Crippen molar-refractivity contribution in [3.8, 4) is 5.75 Å². The monoisotopic (exact) mass is 383 g/mol. The smallest absolute Gasteiger partial charge is 0.322 e. The number of anilines is 1. The second kappa shape index (κ2) is 7.21. The molecule has 0 fully saturated rings. The lowest BCUT2D eigenvalue weighted by Gasteiger charge is -2.01. The van der Waals surface area contributed by atoms with Crippen LogP contribution in [0.25, 0.3) is 0 Å². The minimum absolute atomic E-state index is 0.00176. The van der Waals surface area contributed by atoms with Crippen molar-refractivity contribution >= 4 is 46.5 Å². The predicted octanol–water partition coefficient (Wildman–Crippen LogP) is 4.29. The molecule has 0 aliphatic rings. The number of carbonyl (C=O) groups is 1. The highest BCUT2D eigenvalue weighted by atomic mass is 35.5. The van der Waals surface area contributed by atoms with Crippen LogP contribution >= 0.6 is 34.5 Å². The maximum Gasteiger partial charge on any atom is 0.322 e. The number of rotatable bonds is 5. The van der Waals surface area contributed by atoms with Crippen LogP contribution in [0.5, 0.6) is 5.75 Å². The van der Waals surface area contributed by atoms with Gasteiger partial charge in [-0.2, -0.15) is 0 Å². The molecule has 3 aromatic rings. The number of methoxy groups -OCH3 is 1. The van der Waals surface area contributed by atoms with Gasteiger partial charge in [-0.1, -0.05) is 40.4 Å². The van der Waals surface area contributed by atoms with Crippen LogP contribution in [0.1, 0.15) is 21.8 Å². The maximum atomic E-state index is 12.1. The fourth-order valence-electron chi connectivity index (χ4n) is 1.95. The van der Waals surface area contributed by atoms with E-state index in [2.05, 4.69) is 15.5 Å². The predicted molar refractivity (Wildman–Crippen MR) is 92.4 cm³/mol. The van der Waals surface area contributed by atoms with Crippen molar-refractivity contribution in [2.75, 3.05) is 12.4 Å². The van der Waals surface area contributed by atoms with E-state index in [1.807, 2.05) is 24.3 Å². The van der Waals surface area contributed by atoms with Crippen LogP contribution in [0, 0.1) is 0 Å². The molecule has 24 heavy (non-hydrogen) atoms. The number of amides is 1. The summed E-state index contributed by atoms with van der Waals surface area (Å²) in [7, 11) is 1.61. The van der Waals surface area contributed by atoms with E-state index >= 15 is 0 Å². The first-order chi connectivity index (χ1) is 11.5. The molecule has 0 aliphatic heterocycles. The molecule has 0 atom stereocenters. The molecule has 124 valence electrons. The van der Waals surface area contributed by atoms with Gasteiger partial charge in [0, 0.05) is 0 Å². The number of ether oxygens (including phenoxy) is 1. The minimum Gasteiger partial charge on any atom is -0.497 e. The molecule has 1 N–H and O–H groups in total. The van der Waals surface area contributed by atoms with Crippen molar-refractivity contribution in [1.82, 2.24) is 10.2 Å². The van der Waals surface area contributed by atoms with E-state index in [0.29, 0.717) is 21.0 Å². The molecule has 1 amide bonds. The Hall–Kier alpha value is -2.09. The standard InChI is InChI=1S/C15H11Cl2N3O3S/c1-22-9-4-2-8(3-5-9)6-12-19-20-15(23-12)18-14(21)10-7-11(16)24-13(10)17/h2-5,7H,6H2,1H3,(H,18,20,21). The quantitative estimate of drug-likeness (QED) is 0.710. The summed E-state index contributed by atoms with van der Waals surface area (Å²) in [5.41, 5.74) is 1.24. The minimum atomic E-state index is -0.456. The van der Waals surface area contributed by atoms with Gasteiger partial charge in [0.15, 0.2) is 0 Å². The topological polar surface area (TPSA) is 77.3 Å². The highest BCUT2D eigenvalue weighted by molar-refractivity contribution is 7.20. The van der Waals surface area contributed by atoms with E-state index in [9.17, 15) is 4.79 Å². The number of halogens is 2. The zero-order chi connectivity index (χ0) is 17.1. The van der Waals surface area contributed by atoms with Crippen LogP contribution in [-0.4, -0.2) is 23.2 Å². The maximum absolute atomic E-state index is 12.1. The lowest BCUT2D eigenvalue weighted by atomic mass is 10.1. The third-order valence-corrected chi connectivity index (χ3v) is 4.59. The average Bonchev–Trinajstić information content (AvgIpc) is 3.14. The van der Waals surface area contributed by atoms with E-state index < -0.39 is 5.91 Å². The summed E-state index contributed by atoms with van der Waals surface area (Å²) >= 11 is 12.9. The number of nitrogens with one attached hydrogen (secondary N) is 1. The number of benzene rings is 1. The fourth-order valence-corrected chi connectivity index (χ4v) is 3.41. The molecule has 0 unspecified atom stereocenters. The Morgan fingerprint density at radius 1 is 1.29 bits per heavy atom. The lowest BCUT2D eigenvalue weighted by molar-refractivity contribution is 0.102. The molecule has 1 aromatic carbocycles. The molecule has 3 rings (SSSR count). The largest absolute Gasteiger partial charge is 0.497 e. The molecule has 0 saturated heterocycles. The van der Waals surface area contributed by atoms with Crippen molar-refractivity contribution < 1.29 is 13.9 Å². The highest BCUT2D eigenvalue weighted by Gasteiger charge is 2.17. The van der Waals surface area contributed by atoms with Crippen molar-refractivity contribution in [2.45, 2.75) is 6.42 Å². The molecule has 0 aliphatic carbocycles. The number of thiophene rings is 1. The lowest BCUT2D eigenvalue weighted by Crippen LogP contribution is -2.11. The van der Waals surface area contributed by atoms with Gasteiger partial charge in [0.2, 0.25) is 5.89 Å². The molecule has 0 spiro atoms. The van der Waals surface area contributed by atoms with Crippen LogP contribution in [0.2, 0.25) is 8.67 Å². The molecule has 2 heterocycles. The Morgan fingerprint density at radius 3 is 2.67 bits per heavy atom. The van der Waals surface area contributed by atoms with Crippen LogP contribution in [0.15, 0.2) is 34.7 Å². The summed E-state index contributed by atoms with van der Waals surface area (Å²) in [5.74, 6) is 0.691. The van der Waals surface area contributed by atoms with Crippen molar-refractivity contribution in [3.05, 3.63) is 56.0 Å². The SMILES string of the molecule is COc1ccc(Cc2nnc(NC(=O)c3cc(Cl)sc3Cl)o2)cc1. The van der Waals surface area contributed by atoms with Gasteiger partial charge in [0.05, 0.1) is 23.4 Å². The Labute approximate surface area is 151 Å². The second-order valence-corrected chi connectivity index (χ2v) is 7.00. The molecular weight excluding hydrogens is 373 g/mol. The molecule has 0 saturated carbocycles. The number of aromatic nitrogens is 2. The van der Waals surface area contributed by atoms with Gasteiger partial charge in [0.25, 0.3) is 5.91 Å². The van der Waals surface area contributed by atoms with Gasteiger partial charge in [-0.05, 0) is 23.8 Å². The summed E-state index contributed by atoms with van der Waals surface area (Å²) in [6.45, 7) is 0. The summed E-state index contributed by atoms with van der Waals surface area (Å²) in [6, 6.07) is 8.97. The zero-order valence-corrected chi connectivity index (χ0v) is 14.7.